The number of nitrogens with zero attached hydrogens (tertiary/aromatic N) is 4. The Bertz CT molecular complexity index is 1060. The number of hydrogen-bond donors (Lipinski definition) is 0. The van der Waals surface area contributed by atoms with Crippen molar-refractivity contribution >= 4 is 23.2 Å². The van der Waals surface area contributed by atoms with Crippen LogP contribution in [-0.2, 0) is 13.1 Å². The topological polar surface area (TPSA) is 59.7 Å². The summed E-state index contributed by atoms with van der Waals surface area (Å²) in [4.78, 5) is 19.6. The van der Waals surface area contributed by atoms with Gasteiger partial charge in [0.2, 0.25) is 0 Å². The molecule has 0 unspecified atom stereocenters. The van der Waals surface area contributed by atoms with Crippen LogP contribution in [0.5, 0.6) is 5.75 Å². The number of carbonyl (C=O) groups is 1. The van der Waals surface area contributed by atoms with E-state index in [9.17, 15) is 4.79 Å². The number of ether oxygens (including phenoxy) is 1. The van der Waals surface area contributed by atoms with Gasteiger partial charge in [0.25, 0.3) is 5.91 Å². The lowest BCUT2D eigenvalue weighted by atomic mass is 10.1. The summed E-state index contributed by atoms with van der Waals surface area (Å²) >= 11 is 6.31. The van der Waals surface area contributed by atoms with Crippen molar-refractivity contribution < 1.29 is 9.53 Å². The zero-order chi connectivity index (χ0) is 19.8. The smallest absolute Gasteiger partial charge is 0.258 e. The van der Waals surface area contributed by atoms with E-state index in [0.29, 0.717) is 36.0 Å². The number of rotatable bonds is 5. The van der Waals surface area contributed by atoms with Crippen molar-refractivity contribution in [2.24, 2.45) is 0 Å². The number of benzene rings is 1. The number of amides is 1. The average Bonchev–Trinajstić information content (AvgIpc) is 3.25. The minimum absolute atomic E-state index is 0.0503. The standard InChI is InChI=1S/C21H23ClN4O2/c1-4-5-10-28-18-9-7-6-8-15(18)21(27)25-11-16-17(12-25)24-26-14(3)19(22)13(2)23-20(16)26/h6-9H,4-5,10-12H2,1-3H3. The van der Waals surface area contributed by atoms with Gasteiger partial charge in [0, 0.05) is 5.56 Å². The first kappa shape index (κ1) is 18.7. The highest BCUT2D eigenvalue weighted by Gasteiger charge is 2.31. The molecule has 0 N–H and O–H groups in total. The number of fused-ring (bicyclic) bond motifs is 3. The average molecular weight is 399 g/mol. The lowest BCUT2D eigenvalue weighted by Gasteiger charge is -2.18. The molecule has 0 saturated heterocycles. The zero-order valence-corrected chi connectivity index (χ0v) is 17.1. The minimum Gasteiger partial charge on any atom is -0.493 e. The lowest BCUT2D eigenvalue weighted by molar-refractivity contribution is 0.0745. The molecule has 0 bridgehead atoms. The fourth-order valence-electron chi connectivity index (χ4n) is 3.52. The van der Waals surface area contributed by atoms with E-state index in [1.54, 1.807) is 9.42 Å². The Hall–Kier alpha value is -2.60. The highest BCUT2D eigenvalue weighted by molar-refractivity contribution is 6.31. The molecular weight excluding hydrogens is 376 g/mol. The molecule has 3 heterocycles. The molecule has 0 aliphatic carbocycles. The molecule has 3 aromatic rings. The maximum absolute atomic E-state index is 13.2. The van der Waals surface area contributed by atoms with Crippen LogP contribution in [0.1, 0.15) is 52.8 Å². The molecular formula is C21H23ClN4O2. The summed E-state index contributed by atoms with van der Waals surface area (Å²) in [7, 11) is 0. The van der Waals surface area contributed by atoms with Gasteiger partial charge in [-0.05, 0) is 32.4 Å². The Morgan fingerprint density at radius 3 is 2.82 bits per heavy atom. The van der Waals surface area contributed by atoms with Gasteiger partial charge in [-0.1, -0.05) is 37.1 Å². The Labute approximate surface area is 169 Å². The molecule has 1 amide bonds. The zero-order valence-electron chi connectivity index (χ0n) is 16.3. The number of aryl methyl sites for hydroxylation is 2. The first-order chi connectivity index (χ1) is 13.5. The van der Waals surface area contributed by atoms with E-state index in [0.717, 1.165) is 41.1 Å². The van der Waals surface area contributed by atoms with Crippen molar-refractivity contribution in [3.05, 3.63) is 57.5 Å². The Morgan fingerprint density at radius 2 is 2.04 bits per heavy atom. The molecule has 1 aliphatic rings. The fraction of sp³-hybridized carbons (Fsp3) is 0.381. The SMILES string of the molecule is CCCCOc1ccccc1C(=O)N1Cc2nn3c(C)c(Cl)c(C)nc3c2C1. The van der Waals surface area contributed by atoms with Crippen molar-refractivity contribution in [1.29, 1.82) is 0 Å². The third kappa shape index (κ3) is 3.11. The number of halogens is 1. The first-order valence-electron chi connectivity index (χ1n) is 9.55. The quantitative estimate of drug-likeness (QED) is 0.600. The number of hydrogen-bond acceptors (Lipinski definition) is 4. The number of para-hydroxylation sites is 1. The van der Waals surface area contributed by atoms with Gasteiger partial charge in [-0.25, -0.2) is 9.50 Å². The van der Waals surface area contributed by atoms with E-state index in [4.69, 9.17) is 16.3 Å². The minimum atomic E-state index is -0.0503. The summed E-state index contributed by atoms with van der Waals surface area (Å²) in [6, 6.07) is 7.43. The molecule has 0 spiro atoms. The third-order valence-corrected chi connectivity index (χ3v) is 5.66. The van der Waals surface area contributed by atoms with Crippen molar-refractivity contribution in [2.75, 3.05) is 6.61 Å². The van der Waals surface area contributed by atoms with Crippen LogP contribution in [0.2, 0.25) is 5.02 Å². The molecule has 0 radical (unpaired) electrons. The van der Waals surface area contributed by atoms with Crippen molar-refractivity contribution in [3.8, 4) is 5.75 Å². The first-order valence-corrected chi connectivity index (χ1v) is 9.93. The summed E-state index contributed by atoms with van der Waals surface area (Å²) < 4.78 is 7.62. The maximum atomic E-state index is 13.2. The highest BCUT2D eigenvalue weighted by atomic mass is 35.5. The second kappa shape index (κ2) is 7.43. The van der Waals surface area contributed by atoms with Crippen LogP contribution < -0.4 is 4.74 Å². The third-order valence-electron chi connectivity index (χ3n) is 5.12. The number of aromatic nitrogens is 3. The van der Waals surface area contributed by atoms with E-state index >= 15 is 0 Å². The number of carbonyl (C=O) groups excluding carboxylic acids is 1. The molecule has 0 fully saturated rings. The van der Waals surface area contributed by atoms with Crippen LogP contribution in [0.15, 0.2) is 24.3 Å². The van der Waals surface area contributed by atoms with Crippen molar-refractivity contribution in [3.63, 3.8) is 0 Å². The van der Waals surface area contributed by atoms with Crippen LogP contribution in [0.25, 0.3) is 5.65 Å². The van der Waals surface area contributed by atoms with E-state index in [-0.39, 0.29) is 5.91 Å². The summed E-state index contributed by atoms with van der Waals surface area (Å²) in [5.74, 6) is 0.585. The second-order valence-electron chi connectivity index (χ2n) is 7.12. The van der Waals surface area contributed by atoms with E-state index < -0.39 is 0 Å². The van der Waals surface area contributed by atoms with Gasteiger partial charge in [-0.2, -0.15) is 5.10 Å². The predicted molar refractivity (Wildman–Crippen MR) is 108 cm³/mol. The van der Waals surface area contributed by atoms with Crippen LogP contribution in [0.3, 0.4) is 0 Å². The largest absolute Gasteiger partial charge is 0.493 e. The van der Waals surface area contributed by atoms with Crippen molar-refractivity contribution in [1.82, 2.24) is 19.5 Å². The Kier molecular flexibility index (Phi) is 4.98. The summed E-state index contributed by atoms with van der Waals surface area (Å²) in [5.41, 5.74) is 4.86. The molecule has 4 rings (SSSR count). The molecule has 28 heavy (non-hydrogen) atoms. The Balaban J connectivity index is 1.61. The second-order valence-corrected chi connectivity index (χ2v) is 7.49. The van der Waals surface area contributed by atoms with Gasteiger partial charge in [0.15, 0.2) is 5.65 Å². The molecule has 6 nitrogen and oxygen atoms in total. The summed E-state index contributed by atoms with van der Waals surface area (Å²) in [5, 5.41) is 5.27. The summed E-state index contributed by atoms with van der Waals surface area (Å²) in [6.07, 6.45) is 2.01. The molecule has 146 valence electrons. The molecule has 2 aromatic heterocycles. The molecule has 1 aliphatic heterocycles. The van der Waals surface area contributed by atoms with Crippen LogP contribution in [0.4, 0.5) is 0 Å². The van der Waals surface area contributed by atoms with Gasteiger partial charge in [0.1, 0.15) is 5.75 Å². The van der Waals surface area contributed by atoms with Gasteiger partial charge < -0.3 is 9.64 Å². The lowest BCUT2D eigenvalue weighted by Crippen LogP contribution is -2.26. The van der Waals surface area contributed by atoms with E-state index in [1.807, 2.05) is 38.1 Å². The monoisotopic (exact) mass is 398 g/mol. The molecule has 0 atom stereocenters. The molecule has 1 aromatic carbocycles. The van der Waals surface area contributed by atoms with Crippen molar-refractivity contribution in [2.45, 2.75) is 46.7 Å². The van der Waals surface area contributed by atoms with Gasteiger partial charge in [-0.15, -0.1) is 0 Å². The predicted octanol–water partition coefficient (Wildman–Crippen LogP) is 4.33. The Morgan fingerprint density at radius 1 is 1.25 bits per heavy atom. The fourth-order valence-corrected chi connectivity index (χ4v) is 3.65. The molecule has 0 saturated carbocycles. The van der Waals surface area contributed by atoms with Crippen LogP contribution >= 0.6 is 11.6 Å². The normalized spacial score (nSPS) is 13.2. The maximum Gasteiger partial charge on any atom is 0.258 e. The van der Waals surface area contributed by atoms with Crippen LogP contribution in [0, 0.1) is 13.8 Å². The van der Waals surface area contributed by atoms with Gasteiger partial charge in [-0.3, -0.25) is 4.79 Å². The van der Waals surface area contributed by atoms with Crippen LogP contribution in [-0.4, -0.2) is 32.0 Å². The van der Waals surface area contributed by atoms with E-state index in [1.165, 1.54) is 0 Å². The van der Waals surface area contributed by atoms with Gasteiger partial charge in [0.05, 0.1) is 47.4 Å². The number of unbranched alkanes of at least 4 members (excludes halogenated alkanes) is 1. The van der Waals surface area contributed by atoms with E-state index in [2.05, 4.69) is 17.0 Å². The summed E-state index contributed by atoms with van der Waals surface area (Å²) in [6.45, 7) is 7.47. The highest BCUT2D eigenvalue weighted by Crippen LogP contribution is 2.31. The van der Waals surface area contributed by atoms with Gasteiger partial charge >= 0.3 is 0 Å². The molecule has 7 heteroatoms.